The first-order valence-electron chi connectivity index (χ1n) is 9.68. The highest BCUT2D eigenvalue weighted by atomic mass is 35.5. The first-order chi connectivity index (χ1) is 15.0. The minimum atomic E-state index is -0.427. The van der Waals surface area contributed by atoms with Gasteiger partial charge in [0.25, 0.3) is 5.91 Å². The monoisotopic (exact) mass is 436 g/mol. The highest BCUT2D eigenvalue weighted by molar-refractivity contribution is 6.31. The molecule has 0 bridgehead atoms. The number of aromatic hydroxyl groups is 1. The number of rotatable bonds is 5. The summed E-state index contributed by atoms with van der Waals surface area (Å²) in [5.41, 5.74) is 2.66. The Bertz CT molecular complexity index is 1130. The number of phenols is 1. The van der Waals surface area contributed by atoms with E-state index in [2.05, 4.69) is 5.10 Å². The quantitative estimate of drug-likeness (QED) is 0.607. The number of carbonyl (C=O) groups excluding carboxylic acids is 1. The number of amides is 1. The first kappa shape index (κ1) is 20.8. The Kier molecular flexibility index (Phi) is 5.82. The van der Waals surface area contributed by atoms with Crippen molar-refractivity contribution in [3.05, 3.63) is 88.4 Å². The van der Waals surface area contributed by atoms with E-state index < -0.39 is 5.91 Å². The van der Waals surface area contributed by atoms with Gasteiger partial charge in [-0.3, -0.25) is 4.79 Å². The maximum absolute atomic E-state index is 13.4. The third-order valence-corrected chi connectivity index (χ3v) is 5.47. The van der Waals surface area contributed by atoms with Crippen LogP contribution in [0.25, 0.3) is 0 Å². The molecule has 6 nitrogen and oxygen atoms in total. The van der Waals surface area contributed by atoms with Crippen LogP contribution < -0.4 is 9.47 Å². The van der Waals surface area contributed by atoms with Crippen LogP contribution in [-0.2, 0) is 0 Å². The average molecular weight is 437 g/mol. The zero-order valence-corrected chi connectivity index (χ0v) is 17.8. The lowest BCUT2D eigenvalue weighted by atomic mass is 9.98. The third-order valence-electron chi connectivity index (χ3n) is 5.23. The van der Waals surface area contributed by atoms with Crippen molar-refractivity contribution in [1.29, 1.82) is 0 Å². The Morgan fingerprint density at radius 2 is 1.61 bits per heavy atom. The van der Waals surface area contributed by atoms with Crippen LogP contribution >= 0.6 is 11.6 Å². The molecule has 3 aromatic carbocycles. The van der Waals surface area contributed by atoms with Crippen LogP contribution in [0, 0.1) is 0 Å². The minimum Gasteiger partial charge on any atom is -0.507 e. The molecule has 1 aliphatic heterocycles. The maximum atomic E-state index is 13.4. The molecule has 1 unspecified atom stereocenters. The summed E-state index contributed by atoms with van der Waals surface area (Å²) in [5.74, 6) is 0.898. The highest BCUT2D eigenvalue weighted by Gasteiger charge is 2.34. The van der Waals surface area contributed by atoms with Crippen molar-refractivity contribution in [3.8, 4) is 17.2 Å². The number of hydrogen-bond acceptors (Lipinski definition) is 5. The van der Waals surface area contributed by atoms with E-state index in [4.69, 9.17) is 21.1 Å². The number of benzene rings is 3. The molecule has 1 atom stereocenters. The largest absolute Gasteiger partial charge is 0.507 e. The van der Waals surface area contributed by atoms with E-state index in [1.807, 2.05) is 48.5 Å². The molecule has 1 heterocycles. The number of ether oxygens (including phenoxy) is 2. The molecule has 0 spiro atoms. The van der Waals surface area contributed by atoms with Crippen LogP contribution in [0.2, 0.25) is 5.02 Å². The normalized spacial score (nSPS) is 15.5. The topological polar surface area (TPSA) is 71.4 Å². The molecule has 1 aliphatic rings. The van der Waals surface area contributed by atoms with Gasteiger partial charge in [0.05, 0.1) is 31.5 Å². The van der Waals surface area contributed by atoms with Crippen LogP contribution in [0.15, 0.2) is 71.8 Å². The van der Waals surface area contributed by atoms with Crippen LogP contribution in [0.1, 0.15) is 33.9 Å². The fraction of sp³-hybridized carbons (Fsp3) is 0.167. The standard InChI is InChI=1S/C24H21ClN2O4/c1-30-18-8-3-15(4-9-18)21-14-22(16-5-10-19(31-2)11-6-16)27(26-21)24(29)20-13-17(25)7-12-23(20)28/h3-13,22,28H,14H2,1-2H3. The van der Waals surface area contributed by atoms with Gasteiger partial charge in [0.15, 0.2) is 0 Å². The second kappa shape index (κ2) is 8.70. The van der Waals surface area contributed by atoms with Crippen LogP contribution in [0.3, 0.4) is 0 Å². The number of phenolic OH excluding ortho intramolecular Hbond substituents is 1. The van der Waals surface area contributed by atoms with Crippen LogP contribution in [0.5, 0.6) is 17.2 Å². The van der Waals surface area contributed by atoms with Crippen LogP contribution in [-0.4, -0.2) is 36.0 Å². The summed E-state index contributed by atoms with van der Waals surface area (Å²) in [4.78, 5) is 13.4. The second-order valence-electron chi connectivity index (χ2n) is 7.08. The lowest BCUT2D eigenvalue weighted by Crippen LogP contribution is -2.27. The fourth-order valence-electron chi connectivity index (χ4n) is 3.54. The molecule has 31 heavy (non-hydrogen) atoms. The summed E-state index contributed by atoms with van der Waals surface area (Å²) in [6, 6.07) is 19.1. The van der Waals surface area contributed by atoms with Gasteiger partial charge in [-0.15, -0.1) is 0 Å². The van der Waals surface area contributed by atoms with E-state index >= 15 is 0 Å². The van der Waals surface area contributed by atoms with E-state index in [0.29, 0.717) is 11.4 Å². The average Bonchev–Trinajstić information content (AvgIpc) is 3.26. The van der Waals surface area contributed by atoms with E-state index in [0.717, 1.165) is 28.3 Å². The molecule has 0 radical (unpaired) electrons. The predicted octanol–water partition coefficient (Wildman–Crippen LogP) is 5.05. The maximum Gasteiger partial charge on any atom is 0.278 e. The van der Waals surface area contributed by atoms with Gasteiger partial charge < -0.3 is 14.6 Å². The minimum absolute atomic E-state index is 0.103. The number of hydrogen-bond donors (Lipinski definition) is 1. The van der Waals surface area contributed by atoms with Crippen molar-refractivity contribution < 1.29 is 19.4 Å². The van der Waals surface area contributed by atoms with Gasteiger partial charge in [0.1, 0.15) is 17.2 Å². The Hall–Kier alpha value is -3.51. The number of halogens is 1. The summed E-state index contributed by atoms with van der Waals surface area (Å²) >= 11 is 6.06. The molecule has 0 aliphatic carbocycles. The van der Waals surface area contributed by atoms with Gasteiger partial charge in [0, 0.05) is 11.4 Å². The number of carbonyl (C=O) groups is 1. The Morgan fingerprint density at radius 1 is 1.00 bits per heavy atom. The number of methoxy groups -OCH3 is 2. The predicted molar refractivity (Wildman–Crippen MR) is 119 cm³/mol. The molecule has 7 heteroatoms. The lowest BCUT2D eigenvalue weighted by Gasteiger charge is -2.22. The van der Waals surface area contributed by atoms with Gasteiger partial charge >= 0.3 is 0 Å². The molecule has 1 N–H and O–H groups in total. The van der Waals surface area contributed by atoms with E-state index in [-0.39, 0.29) is 17.4 Å². The molecular weight excluding hydrogens is 416 g/mol. The van der Waals surface area contributed by atoms with Crippen molar-refractivity contribution in [3.63, 3.8) is 0 Å². The summed E-state index contributed by atoms with van der Waals surface area (Å²) in [6.07, 6.45) is 0.520. The first-order valence-corrected chi connectivity index (χ1v) is 10.1. The summed E-state index contributed by atoms with van der Waals surface area (Å²) < 4.78 is 10.5. The van der Waals surface area contributed by atoms with E-state index in [1.54, 1.807) is 14.2 Å². The highest BCUT2D eigenvalue weighted by Crippen LogP contribution is 2.36. The van der Waals surface area contributed by atoms with Crippen molar-refractivity contribution in [2.45, 2.75) is 12.5 Å². The summed E-state index contributed by atoms with van der Waals surface area (Å²) in [5, 5.41) is 16.7. The molecule has 0 saturated carbocycles. The molecular formula is C24H21ClN2O4. The Morgan fingerprint density at radius 3 is 2.23 bits per heavy atom. The zero-order chi connectivity index (χ0) is 22.0. The van der Waals surface area contributed by atoms with Gasteiger partial charge in [0.2, 0.25) is 0 Å². The molecule has 0 aromatic heterocycles. The second-order valence-corrected chi connectivity index (χ2v) is 7.52. The van der Waals surface area contributed by atoms with Crippen molar-refractivity contribution in [1.82, 2.24) is 5.01 Å². The fourth-order valence-corrected chi connectivity index (χ4v) is 3.72. The van der Waals surface area contributed by atoms with E-state index in [1.165, 1.54) is 23.2 Å². The smallest absolute Gasteiger partial charge is 0.278 e. The van der Waals surface area contributed by atoms with Crippen LogP contribution in [0.4, 0.5) is 0 Å². The van der Waals surface area contributed by atoms with Crippen molar-refractivity contribution in [2.24, 2.45) is 5.10 Å². The molecule has 158 valence electrons. The molecule has 4 rings (SSSR count). The van der Waals surface area contributed by atoms with Gasteiger partial charge in [-0.2, -0.15) is 5.10 Å². The SMILES string of the molecule is COc1ccc(C2=NN(C(=O)c3cc(Cl)ccc3O)C(c3ccc(OC)cc3)C2)cc1. The molecule has 0 fully saturated rings. The molecule has 1 amide bonds. The van der Waals surface area contributed by atoms with Gasteiger partial charge in [-0.25, -0.2) is 5.01 Å². The summed E-state index contributed by atoms with van der Waals surface area (Å²) in [7, 11) is 3.22. The van der Waals surface area contributed by atoms with Gasteiger partial charge in [-0.1, -0.05) is 23.7 Å². The van der Waals surface area contributed by atoms with Gasteiger partial charge in [-0.05, 0) is 65.7 Å². The number of hydrazone groups is 1. The zero-order valence-electron chi connectivity index (χ0n) is 17.1. The number of nitrogens with zero attached hydrogens (tertiary/aromatic N) is 2. The van der Waals surface area contributed by atoms with Crippen molar-refractivity contribution >= 4 is 23.2 Å². The Balaban J connectivity index is 1.73. The lowest BCUT2D eigenvalue weighted by molar-refractivity contribution is 0.0708. The molecule has 0 saturated heterocycles. The Labute approximate surface area is 185 Å². The van der Waals surface area contributed by atoms with Crippen molar-refractivity contribution in [2.75, 3.05) is 14.2 Å². The van der Waals surface area contributed by atoms with E-state index in [9.17, 15) is 9.90 Å². The molecule has 3 aromatic rings. The third kappa shape index (κ3) is 4.20. The summed E-state index contributed by atoms with van der Waals surface area (Å²) in [6.45, 7) is 0.